The minimum absolute atomic E-state index is 0.0460. The molecule has 98 valence electrons. The number of methoxy groups -OCH3 is 1. The molecule has 0 aliphatic rings. The van der Waals surface area contributed by atoms with Crippen LogP contribution in [-0.4, -0.2) is 16.7 Å². The molecule has 0 saturated heterocycles. The summed E-state index contributed by atoms with van der Waals surface area (Å²) in [5.74, 6) is 1.69. The molecule has 0 saturated carbocycles. The first kappa shape index (κ1) is 12.0. The second-order valence-corrected chi connectivity index (χ2v) is 4.76. The number of nitrogens with one attached hydrogen (secondary N) is 1. The second kappa shape index (κ2) is 4.59. The number of hydrogen-bond acceptors (Lipinski definition) is 3. The Morgan fingerprint density at radius 2 is 2.21 bits per heavy atom. The zero-order valence-corrected chi connectivity index (χ0v) is 11.5. The standard InChI is InChI=1S/C14H14N2O2S/c1-9(13-4-3-7-18-13)16-12-6-5-10(17-2)8-11(12)15-14(16)19/h3-9H,1-2H3,(H,15,19). The lowest BCUT2D eigenvalue weighted by Gasteiger charge is -2.12. The molecule has 2 heterocycles. The van der Waals surface area contributed by atoms with Crippen LogP contribution in [0.3, 0.4) is 0 Å². The van der Waals surface area contributed by atoms with Crippen molar-refractivity contribution in [3.05, 3.63) is 47.1 Å². The minimum atomic E-state index is 0.0460. The molecule has 0 bridgehead atoms. The molecule has 0 aliphatic heterocycles. The summed E-state index contributed by atoms with van der Waals surface area (Å²) < 4.78 is 13.4. The van der Waals surface area contributed by atoms with Gasteiger partial charge in [-0.1, -0.05) is 0 Å². The topological polar surface area (TPSA) is 43.1 Å². The van der Waals surface area contributed by atoms with Crippen LogP contribution in [0.25, 0.3) is 11.0 Å². The third-order valence-corrected chi connectivity index (χ3v) is 3.56. The first-order valence-corrected chi connectivity index (χ1v) is 6.43. The fourth-order valence-electron chi connectivity index (χ4n) is 2.28. The predicted molar refractivity (Wildman–Crippen MR) is 76.2 cm³/mol. The number of H-pyrrole nitrogens is 1. The Bertz CT molecular complexity index is 755. The van der Waals surface area contributed by atoms with Crippen molar-refractivity contribution >= 4 is 23.3 Å². The van der Waals surface area contributed by atoms with Gasteiger partial charge < -0.3 is 18.7 Å². The van der Waals surface area contributed by atoms with Gasteiger partial charge in [0.1, 0.15) is 11.5 Å². The fourth-order valence-corrected chi connectivity index (χ4v) is 2.64. The summed E-state index contributed by atoms with van der Waals surface area (Å²) in [5.41, 5.74) is 2.00. The van der Waals surface area contributed by atoms with E-state index in [1.54, 1.807) is 13.4 Å². The summed E-state index contributed by atoms with van der Waals surface area (Å²) in [6, 6.07) is 9.75. The Hall–Kier alpha value is -2.01. The molecule has 5 heteroatoms. The van der Waals surface area contributed by atoms with Crippen LogP contribution < -0.4 is 4.74 Å². The van der Waals surface area contributed by atoms with Crippen molar-refractivity contribution < 1.29 is 9.15 Å². The van der Waals surface area contributed by atoms with Gasteiger partial charge >= 0.3 is 0 Å². The lowest BCUT2D eigenvalue weighted by Crippen LogP contribution is -2.05. The van der Waals surface area contributed by atoms with Crippen molar-refractivity contribution in [2.75, 3.05) is 7.11 Å². The van der Waals surface area contributed by atoms with Gasteiger partial charge in [0.25, 0.3) is 0 Å². The fraction of sp³-hybridized carbons (Fsp3) is 0.214. The van der Waals surface area contributed by atoms with E-state index < -0.39 is 0 Å². The molecule has 1 N–H and O–H groups in total. The van der Waals surface area contributed by atoms with Gasteiger partial charge in [-0.25, -0.2) is 0 Å². The van der Waals surface area contributed by atoms with E-state index in [4.69, 9.17) is 21.4 Å². The van der Waals surface area contributed by atoms with Crippen LogP contribution in [0.4, 0.5) is 0 Å². The van der Waals surface area contributed by atoms with Crippen molar-refractivity contribution in [1.82, 2.24) is 9.55 Å². The van der Waals surface area contributed by atoms with Gasteiger partial charge in [0.2, 0.25) is 0 Å². The van der Waals surface area contributed by atoms with E-state index in [1.165, 1.54) is 0 Å². The van der Waals surface area contributed by atoms with E-state index in [0.717, 1.165) is 22.5 Å². The molecular formula is C14H14N2O2S. The maximum Gasteiger partial charge on any atom is 0.178 e. The van der Waals surface area contributed by atoms with Crippen molar-refractivity contribution in [1.29, 1.82) is 0 Å². The number of aromatic amines is 1. The molecular weight excluding hydrogens is 260 g/mol. The van der Waals surface area contributed by atoms with Gasteiger partial charge in [-0.3, -0.25) is 0 Å². The maximum absolute atomic E-state index is 5.46. The smallest absolute Gasteiger partial charge is 0.178 e. The first-order chi connectivity index (χ1) is 9.20. The van der Waals surface area contributed by atoms with Crippen molar-refractivity contribution in [3.8, 4) is 5.75 Å². The average Bonchev–Trinajstić information content (AvgIpc) is 3.03. The molecule has 1 aromatic carbocycles. The number of imidazole rings is 1. The molecule has 1 atom stereocenters. The van der Waals surface area contributed by atoms with Crippen LogP contribution in [-0.2, 0) is 0 Å². The van der Waals surface area contributed by atoms with E-state index in [0.29, 0.717) is 4.77 Å². The number of fused-ring (bicyclic) bond motifs is 1. The highest BCUT2D eigenvalue weighted by Gasteiger charge is 2.15. The molecule has 4 nitrogen and oxygen atoms in total. The summed E-state index contributed by atoms with van der Waals surface area (Å²) in [6.07, 6.45) is 1.67. The van der Waals surface area contributed by atoms with Gasteiger partial charge in [0.05, 0.1) is 30.4 Å². The highest BCUT2D eigenvalue weighted by Crippen LogP contribution is 2.26. The number of rotatable bonds is 3. The number of benzene rings is 1. The predicted octanol–water partition coefficient (Wildman–Crippen LogP) is 3.91. The molecule has 3 aromatic rings. The van der Waals surface area contributed by atoms with Crippen LogP contribution in [0.5, 0.6) is 5.75 Å². The normalized spacial score (nSPS) is 12.7. The van der Waals surface area contributed by atoms with E-state index in [9.17, 15) is 0 Å². The van der Waals surface area contributed by atoms with Crippen molar-refractivity contribution in [3.63, 3.8) is 0 Å². The van der Waals surface area contributed by atoms with Gasteiger partial charge in [-0.15, -0.1) is 0 Å². The first-order valence-electron chi connectivity index (χ1n) is 6.02. The number of aromatic nitrogens is 2. The molecule has 0 spiro atoms. The van der Waals surface area contributed by atoms with Crippen LogP contribution >= 0.6 is 12.2 Å². The highest BCUT2D eigenvalue weighted by molar-refractivity contribution is 7.71. The molecule has 0 radical (unpaired) electrons. The van der Waals surface area contributed by atoms with Crippen molar-refractivity contribution in [2.45, 2.75) is 13.0 Å². The zero-order chi connectivity index (χ0) is 13.4. The van der Waals surface area contributed by atoms with E-state index in [2.05, 4.69) is 11.9 Å². The molecule has 2 aromatic heterocycles. The summed E-state index contributed by atoms with van der Waals surface area (Å²) in [6.45, 7) is 2.06. The van der Waals surface area contributed by atoms with Crippen LogP contribution in [0.15, 0.2) is 41.0 Å². The lowest BCUT2D eigenvalue weighted by molar-refractivity contribution is 0.415. The van der Waals surface area contributed by atoms with Crippen LogP contribution in [0.1, 0.15) is 18.7 Å². The quantitative estimate of drug-likeness (QED) is 0.736. The molecule has 3 rings (SSSR count). The largest absolute Gasteiger partial charge is 0.497 e. The number of hydrogen-bond donors (Lipinski definition) is 1. The molecule has 1 unspecified atom stereocenters. The third kappa shape index (κ3) is 1.96. The average molecular weight is 274 g/mol. The summed E-state index contributed by atoms with van der Waals surface area (Å²) in [7, 11) is 1.65. The van der Waals surface area contributed by atoms with Crippen molar-refractivity contribution in [2.24, 2.45) is 0 Å². The van der Waals surface area contributed by atoms with E-state index in [1.807, 2.05) is 34.9 Å². The molecule has 0 amide bonds. The van der Waals surface area contributed by atoms with Crippen LogP contribution in [0.2, 0.25) is 0 Å². The molecule has 19 heavy (non-hydrogen) atoms. The SMILES string of the molecule is COc1ccc2c(c1)[nH]c(=S)n2C(C)c1ccco1. The Labute approximate surface area is 115 Å². The summed E-state index contributed by atoms with van der Waals surface area (Å²) >= 11 is 5.41. The summed E-state index contributed by atoms with van der Waals surface area (Å²) in [5, 5.41) is 0. The van der Waals surface area contributed by atoms with Gasteiger partial charge in [0.15, 0.2) is 4.77 Å². The Morgan fingerprint density at radius 3 is 2.89 bits per heavy atom. The van der Waals surface area contributed by atoms with E-state index in [-0.39, 0.29) is 6.04 Å². The molecule has 0 fully saturated rings. The lowest BCUT2D eigenvalue weighted by atomic mass is 10.2. The van der Waals surface area contributed by atoms with Gasteiger partial charge in [-0.05, 0) is 43.4 Å². The Kier molecular flexibility index (Phi) is 2.91. The third-order valence-electron chi connectivity index (χ3n) is 3.27. The Balaban J connectivity index is 2.18. The Morgan fingerprint density at radius 1 is 1.37 bits per heavy atom. The van der Waals surface area contributed by atoms with Gasteiger partial charge in [0, 0.05) is 6.07 Å². The second-order valence-electron chi connectivity index (χ2n) is 4.37. The monoisotopic (exact) mass is 274 g/mol. The van der Waals surface area contributed by atoms with E-state index >= 15 is 0 Å². The molecule has 0 aliphatic carbocycles. The number of nitrogens with zero attached hydrogens (tertiary/aromatic N) is 1. The maximum atomic E-state index is 5.46. The number of ether oxygens (including phenoxy) is 1. The van der Waals surface area contributed by atoms with Crippen LogP contribution in [0, 0.1) is 4.77 Å². The zero-order valence-electron chi connectivity index (χ0n) is 10.7. The minimum Gasteiger partial charge on any atom is -0.497 e. The number of furan rings is 1. The summed E-state index contributed by atoms with van der Waals surface area (Å²) in [4.78, 5) is 3.20. The van der Waals surface area contributed by atoms with Gasteiger partial charge in [-0.2, -0.15) is 0 Å². The highest BCUT2D eigenvalue weighted by atomic mass is 32.1.